The minimum Gasteiger partial charge on any atom is -0.497 e. The van der Waals surface area contributed by atoms with E-state index in [-0.39, 0.29) is 17.9 Å². The molecule has 1 fully saturated rings. The number of ether oxygens (including phenoxy) is 2. The van der Waals surface area contributed by atoms with Crippen LogP contribution < -0.4 is 9.46 Å². The number of nitrogens with zero attached hydrogens (tertiary/aromatic N) is 1. The van der Waals surface area contributed by atoms with Crippen LogP contribution in [0.2, 0.25) is 0 Å². The number of imide groups is 1. The van der Waals surface area contributed by atoms with Crippen molar-refractivity contribution in [1.29, 1.82) is 0 Å². The molecule has 8 nitrogen and oxygen atoms in total. The lowest BCUT2D eigenvalue weighted by atomic mass is 10.0. The summed E-state index contributed by atoms with van der Waals surface area (Å²) >= 11 is 0. The normalized spacial score (nSPS) is 16.4. The van der Waals surface area contributed by atoms with Crippen molar-refractivity contribution in [3.05, 3.63) is 95.6 Å². The molecule has 1 heterocycles. The van der Waals surface area contributed by atoms with Crippen LogP contribution in [0.5, 0.6) is 5.75 Å². The number of nitrogens with one attached hydrogen (secondary N) is 1. The number of rotatable bonds is 9. The summed E-state index contributed by atoms with van der Waals surface area (Å²) < 4.78 is 39.4. The molecule has 1 saturated heterocycles. The average molecular weight is 509 g/mol. The molecule has 36 heavy (non-hydrogen) atoms. The van der Waals surface area contributed by atoms with Gasteiger partial charge in [0.1, 0.15) is 12.4 Å². The maximum atomic E-state index is 13.4. The van der Waals surface area contributed by atoms with E-state index in [0.29, 0.717) is 17.7 Å². The molecule has 3 aromatic rings. The summed E-state index contributed by atoms with van der Waals surface area (Å²) in [4.78, 5) is 27.1. The summed E-state index contributed by atoms with van der Waals surface area (Å²) in [5.41, 5.74) is 2.45. The Kier molecular flexibility index (Phi) is 7.71. The molecule has 188 valence electrons. The van der Waals surface area contributed by atoms with Gasteiger partial charge in [0.05, 0.1) is 24.1 Å². The number of hydrogen-bond donors (Lipinski definition) is 1. The van der Waals surface area contributed by atoms with E-state index in [1.807, 2.05) is 37.3 Å². The minimum atomic E-state index is -3.95. The zero-order chi connectivity index (χ0) is 25.7. The third-order valence-electron chi connectivity index (χ3n) is 6.07. The standard InChI is InChI=1S/C27H28N2O6S/c1-19-8-14-24(15-9-19)36(32,33)28-25(21-10-12-23(34-2)13-11-21)17-26(30)29-22(18-35-27(29)31)16-20-6-4-3-5-7-20/h3-15,22,25,28H,16-18H2,1-2H3/t22-,25-/m0/s1. The van der Waals surface area contributed by atoms with Gasteiger partial charge in [-0.25, -0.2) is 22.8 Å². The molecule has 0 aromatic heterocycles. The molecule has 0 unspecified atom stereocenters. The number of sulfonamides is 1. The van der Waals surface area contributed by atoms with Gasteiger partial charge in [-0.1, -0.05) is 60.2 Å². The Morgan fingerprint density at radius 1 is 1.06 bits per heavy atom. The first-order chi connectivity index (χ1) is 17.3. The van der Waals surface area contributed by atoms with E-state index >= 15 is 0 Å². The quantitative estimate of drug-likeness (QED) is 0.469. The van der Waals surface area contributed by atoms with E-state index in [1.165, 1.54) is 19.2 Å². The summed E-state index contributed by atoms with van der Waals surface area (Å²) in [5, 5.41) is 0. The van der Waals surface area contributed by atoms with Crippen LogP contribution in [0.15, 0.2) is 83.8 Å². The molecule has 0 bridgehead atoms. The molecule has 0 radical (unpaired) electrons. The number of aryl methyl sites for hydroxylation is 1. The molecule has 0 spiro atoms. The fourth-order valence-electron chi connectivity index (χ4n) is 4.11. The van der Waals surface area contributed by atoms with Gasteiger partial charge in [0.2, 0.25) is 15.9 Å². The molecule has 1 aliphatic rings. The molecule has 1 N–H and O–H groups in total. The topological polar surface area (TPSA) is 102 Å². The summed E-state index contributed by atoms with van der Waals surface area (Å²) in [7, 11) is -2.42. The molecular formula is C27H28N2O6S. The fraction of sp³-hybridized carbons (Fsp3) is 0.259. The summed E-state index contributed by atoms with van der Waals surface area (Å²) in [6.45, 7) is 1.95. The van der Waals surface area contributed by atoms with Gasteiger partial charge in [0.25, 0.3) is 0 Å². The maximum Gasteiger partial charge on any atom is 0.416 e. The zero-order valence-electron chi connectivity index (χ0n) is 20.1. The smallest absolute Gasteiger partial charge is 0.416 e. The van der Waals surface area contributed by atoms with Crippen LogP contribution in [0.3, 0.4) is 0 Å². The Morgan fingerprint density at radius 2 is 1.72 bits per heavy atom. The third-order valence-corrected chi connectivity index (χ3v) is 7.56. The molecule has 4 rings (SSSR count). The molecule has 9 heteroatoms. The highest BCUT2D eigenvalue weighted by Gasteiger charge is 2.39. The highest BCUT2D eigenvalue weighted by molar-refractivity contribution is 7.89. The van der Waals surface area contributed by atoms with Gasteiger partial charge < -0.3 is 9.47 Å². The summed E-state index contributed by atoms with van der Waals surface area (Å²) in [5.74, 6) is 0.0714. The second kappa shape index (κ2) is 10.9. The largest absolute Gasteiger partial charge is 0.497 e. The molecule has 0 aliphatic carbocycles. The van der Waals surface area contributed by atoms with E-state index < -0.39 is 34.1 Å². The number of amides is 2. The van der Waals surface area contributed by atoms with Gasteiger partial charge in [-0.3, -0.25) is 4.79 Å². The third kappa shape index (κ3) is 5.92. The van der Waals surface area contributed by atoms with E-state index in [1.54, 1.807) is 36.4 Å². The van der Waals surface area contributed by atoms with Gasteiger partial charge >= 0.3 is 6.09 Å². The van der Waals surface area contributed by atoms with E-state index in [2.05, 4.69) is 4.72 Å². The predicted octanol–water partition coefficient (Wildman–Crippen LogP) is 4.00. The summed E-state index contributed by atoms with van der Waals surface area (Å²) in [6.07, 6.45) is -0.547. The Balaban J connectivity index is 1.59. The van der Waals surface area contributed by atoms with Crippen LogP contribution in [-0.2, 0) is 26.0 Å². The van der Waals surface area contributed by atoms with Gasteiger partial charge in [-0.2, -0.15) is 0 Å². The van der Waals surface area contributed by atoms with Gasteiger partial charge in [-0.15, -0.1) is 0 Å². The highest BCUT2D eigenvalue weighted by atomic mass is 32.2. The first kappa shape index (κ1) is 25.4. The average Bonchev–Trinajstić information content (AvgIpc) is 3.24. The van der Waals surface area contributed by atoms with Crippen LogP contribution in [-0.4, -0.2) is 45.1 Å². The Hall–Kier alpha value is -3.69. The maximum absolute atomic E-state index is 13.4. The molecular weight excluding hydrogens is 480 g/mol. The number of methoxy groups -OCH3 is 1. The lowest BCUT2D eigenvalue weighted by molar-refractivity contribution is -0.129. The highest BCUT2D eigenvalue weighted by Crippen LogP contribution is 2.26. The van der Waals surface area contributed by atoms with Crippen LogP contribution in [0.1, 0.15) is 29.2 Å². The van der Waals surface area contributed by atoms with Crippen molar-refractivity contribution in [3.8, 4) is 5.75 Å². The van der Waals surface area contributed by atoms with Gasteiger partial charge in [-0.05, 0) is 48.7 Å². The van der Waals surface area contributed by atoms with E-state index in [0.717, 1.165) is 16.0 Å². The first-order valence-electron chi connectivity index (χ1n) is 11.5. The lowest BCUT2D eigenvalue weighted by Crippen LogP contribution is -2.42. The van der Waals surface area contributed by atoms with Crippen molar-refractivity contribution < 1.29 is 27.5 Å². The van der Waals surface area contributed by atoms with Crippen LogP contribution in [0.25, 0.3) is 0 Å². The first-order valence-corrected chi connectivity index (χ1v) is 13.0. The SMILES string of the molecule is COc1ccc([C@H](CC(=O)N2C(=O)OC[C@@H]2Cc2ccccc2)NS(=O)(=O)c2ccc(C)cc2)cc1. The number of hydrogen-bond acceptors (Lipinski definition) is 6. The Morgan fingerprint density at radius 3 is 2.36 bits per heavy atom. The summed E-state index contributed by atoms with van der Waals surface area (Å²) in [6, 6.07) is 21.3. The van der Waals surface area contributed by atoms with Crippen molar-refractivity contribution in [2.45, 2.75) is 36.7 Å². The van der Waals surface area contributed by atoms with Crippen molar-refractivity contribution in [1.82, 2.24) is 9.62 Å². The van der Waals surface area contributed by atoms with Crippen LogP contribution in [0, 0.1) is 6.92 Å². The molecule has 2 amide bonds. The monoisotopic (exact) mass is 508 g/mol. The number of cyclic esters (lactones) is 1. The van der Waals surface area contributed by atoms with Crippen LogP contribution >= 0.6 is 0 Å². The van der Waals surface area contributed by atoms with E-state index in [4.69, 9.17) is 9.47 Å². The predicted molar refractivity (Wildman–Crippen MR) is 134 cm³/mol. The van der Waals surface area contributed by atoms with E-state index in [9.17, 15) is 18.0 Å². The van der Waals surface area contributed by atoms with Crippen molar-refractivity contribution in [2.24, 2.45) is 0 Å². The minimum absolute atomic E-state index is 0.0848. The Labute approximate surface area is 210 Å². The number of benzene rings is 3. The van der Waals surface area contributed by atoms with Crippen molar-refractivity contribution in [3.63, 3.8) is 0 Å². The van der Waals surface area contributed by atoms with Crippen molar-refractivity contribution >= 4 is 22.0 Å². The second-order valence-electron chi connectivity index (χ2n) is 8.65. The molecule has 0 saturated carbocycles. The van der Waals surface area contributed by atoms with Gasteiger partial charge in [0, 0.05) is 6.42 Å². The fourth-order valence-corrected chi connectivity index (χ4v) is 5.34. The number of carbonyl (C=O) groups excluding carboxylic acids is 2. The molecule has 3 aromatic carbocycles. The molecule has 1 aliphatic heterocycles. The Bertz CT molecular complexity index is 1310. The van der Waals surface area contributed by atoms with Gasteiger partial charge in [0.15, 0.2) is 0 Å². The van der Waals surface area contributed by atoms with Crippen molar-refractivity contribution in [2.75, 3.05) is 13.7 Å². The number of carbonyl (C=O) groups is 2. The van der Waals surface area contributed by atoms with Crippen LogP contribution in [0.4, 0.5) is 4.79 Å². The lowest BCUT2D eigenvalue weighted by Gasteiger charge is -2.24. The molecule has 2 atom stereocenters. The zero-order valence-corrected chi connectivity index (χ0v) is 20.9. The second-order valence-corrected chi connectivity index (χ2v) is 10.4.